The molecule has 5 nitrogen and oxygen atoms in total. The SMILES string of the molecule is C/C(=N/NC(=O)[C@@H](C)Sc1ccc(C)cc1)c1ccc(NC(=O)c2ccccc2)cc1. The third-order valence-corrected chi connectivity index (χ3v) is 5.75. The molecule has 0 bridgehead atoms. The summed E-state index contributed by atoms with van der Waals surface area (Å²) >= 11 is 1.49. The van der Waals surface area contributed by atoms with Gasteiger partial charge in [0.1, 0.15) is 0 Å². The lowest BCUT2D eigenvalue weighted by atomic mass is 10.1. The first-order valence-corrected chi connectivity index (χ1v) is 10.8. The van der Waals surface area contributed by atoms with Gasteiger partial charge in [-0.25, -0.2) is 5.43 Å². The molecule has 6 heteroatoms. The normalized spacial score (nSPS) is 12.2. The maximum atomic E-state index is 12.4. The van der Waals surface area contributed by atoms with E-state index in [0.717, 1.165) is 10.5 Å². The number of hydrogen-bond donors (Lipinski definition) is 2. The molecule has 0 aliphatic carbocycles. The summed E-state index contributed by atoms with van der Waals surface area (Å²) in [6, 6.07) is 24.5. The van der Waals surface area contributed by atoms with Crippen molar-refractivity contribution in [1.82, 2.24) is 5.43 Å². The van der Waals surface area contributed by atoms with Gasteiger partial charge in [0.05, 0.1) is 11.0 Å². The Hall–Kier alpha value is -3.38. The highest BCUT2D eigenvalue weighted by Gasteiger charge is 2.14. The number of anilines is 1. The van der Waals surface area contributed by atoms with Gasteiger partial charge in [-0.15, -0.1) is 11.8 Å². The number of thioether (sulfide) groups is 1. The number of amides is 2. The van der Waals surface area contributed by atoms with Crippen LogP contribution in [0.3, 0.4) is 0 Å². The fraction of sp³-hybridized carbons (Fsp3) is 0.160. The molecule has 0 spiro atoms. The monoisotopic (exact) mass is 431 g/mol. The molecule has 2 amide bonds. The van der Waals surface area contributed by atoms with E-state index in [9.17, 15) is 9.59 Å². The number of nitrogens with one attached hydrogen (secondary N) is 2. The first-order chi connectivity index (χ1) is 14.9. The highest BCUT2D eigenvalue weighted by molar-refractivity contribution is 8.00. The number of rotatable bonds is 7. The lowest BCUT2D eigenvalue weighted by molar-refractivity contribution is -0.120. The summed E-state index contributed by atoms with van der Waals surface area (Å²) in [5, 5.41) is 6.82. The number of hydrogen-bond acceptors (Lipinski definition) is 4. The van der Waals surface area contributed by atoms with Gasteiger partial charge in [-0.1, -0.05) is 48.0 Å². The summed E-state index contributed by atoms with van der Waals surface area (Å²) < 4.78 is 0. The average Bonchev–Trinajstić information content (AvgIpc) is 2.79. The molecule has 0 fully saturated rings. The first-order valence-electron chi connectivity index (χ1n) is 9.96. The van der Waals surface area contributed by atoms with Crippen LogP contribution in [0.2, 0.25) is 0 Å². The van der Waals surface area contributed by atoms with E-state index in [-0.39, 0.29) is 17.1 Å². The molecule has 0 aliphatic rings. The van der Waals surface area contributed by atoms with E-state index in [1.54, 1.807) is 12.1 Å². The summed E-state index contributed by atoms with van der Waals surface area (Å²) in [6.07, 6.45) is 0. The molecule has 0 heterocycles. The van der Waals surface area contributed by atoms with Crippen molar-refractivity contribution >= 4 is 35.0 Å². The highest BCUT2D eigenvalue weighted by Crippen LogP contribution is 2.23. The van der Waals surface area contributed by atoms with E-state index < -0.39 is 0 Å². The zero-order valence-electron chi connectivity index (χ0n) is 17.8. The van der Waals surface area contributed by atoms with E-state index in [1.165, 1.54) is 17.3 Å². The van der Waals surface area contributed by atoms with E-state index in [1.807, 2.05) is 87.5 Å². The Balaban J connectivity index is 1.55. The second-order valence-corrected chi connectivity index (χ2v) is 8.56. The van der Waals surface area contributed by atoms with Crippen molar-refractivity contribution in [2.24, 2.45) is 5.10 Å². The van der Waals surface area contributed by atoms with Gasteiger partial charge < -0.3 is 5.32 Å². The Morgan fingerprint density at radius 1 is 0.871 bits per heavy atom. The first kappa shape index (κ1) is 22.3. The van der Waals surface area contributed by atoms with Crippen LogP contribution in [0, 0.1) is 6.92 Å². The summed E-state index contributed by atoms with van der Waals surface area (Å²) in [5.74, 6) is -0.317. The molecule has 0 radical (unpaired) electrons. The van der Waals surface area contributed by atoms with E-state index in [2.05, 4.69) is 15.8 Å². The Bertz CT molecular complexity index is 1060. The van der Waals surface area contributed by atoms with E-state index >= 15 is 0 Å². The minimum absolute atomic E-state index is 0.156. The number of nitrogens with zero attached hydrogens (tertiary/aromatic N) is 1. The van der Waals surface area contributed by atoms with Crippen LogP contribution in [-0.2, 0) is 4.79 Å². The minimum atomic E-state index is -0.269. The number of benzene rings is 3. The molecule has 0 saturated heterocycles. The smallest absolute Gasteiger partial charge is 0.255 e. The van der Waals surface area contributed by atoms with Crippen molar-refractivity contribution in [2.45, 2.75) is 30.9 Å². The predicted octanol–water partition coefficient (Wildman–Crippen LogP) is 5.27. The van der Waals surface area contributed by atoms with Crippen molar-refractivity contribution in [3.63, 3.8) is 0 Å². The largest absolute Gasteiger partial charge is 0.322 e. The summed E-state index contributed by atoms with van der Waals surface area (Å²) in [6.45, 7) is 5.72. The Kier molecular flexibility index (Phi) is 7.62. The Labute approximate surface area is 187 Å². The maximum absolute atomic E-state index is 12.4. The molecule has 3 rings (SSSR count). The van der Waals surface area contributed by atoms with Crippen LogP contribution in [0.25, 0.3) is 0 Å². The van der Waals surface area contributed by atoms with Crippen LogP contribution in [0.5, 0.6) is 0 Å². The van der Waals surface area contributed by atoms with Crippen molar-refractivity contribution < 1.29 is 9.59 Å². The summed E-state index contributed by atoms with van der Waals surface area (Å²) in [7, 11) is 0. The van der Waals surface area contributed by atoms with Crippen molar-refractivity contribution in [2.75, 3.05) is 5.32 Å². The lowest BCUT2D eigenvalue weighted by Gasteiger charge is -2.10. The van der Waals surface area contributed by atoms with E-state index in [0.29, 0.717) is 17.0 Å². The fourth-order valence-corrected chi connectivity index (χ4v) is 3.62. The zero-order chi connectivity index (χ0) is 22.2. The number of aryl methyl sites for hydroxylation is 1. The van der Waals surface area contributed by atoms with Gasteiger partial charge in [0.15, 0.2) is 0 Å². The summed E-state index contributed by atoms with van der Waals surface area (Å²) in [4.78, 5) is 25.7. The minimum Gasteiger partial charge on any atom is -0.322 e. The van der Waals surface area contributed by atoms with Crippen molar-refractivity contribution in [1.29, 1.82) is 0 Å². The molecule has 0 unspecified atom stereocenters. The molecule has 0 saturated carbocycles. The van der Waals surface area contributed by atoms with Crippen LogP contribution in [-0.4, -0.2) is 22.8 Å². The topological polar surface area (TPSA) is 70.6 Å². The second kappa shape index (κ2) is 10.6. The number of carbonyl (C=O) groups excluding carboxylic acids is 2. The van der Waals surface area contributed by atoms with Crippen molar-refractivity contribution in [3.8, 4) is 0 Å². The van der Waals surface area contributed by atoms with Gasteiger partial charge >= 0.3 is 0 Å². The zero-order valence-corrected chi connectivity index (χ0v) is 18.6. The molecule has 2 N–H and O–H groups in total. The quantitative estimate of drug-likeness (QED) is 0.304. The maximum Gasteiger partial charge on any atom is 0.255 e. The van der Waals surface area contributed by atoms with Crippen LogP contribution in [0.1, 0.15) is 35.3 Å². The van der Waals surface area contributed by atoms with Crippen molar-refractivity contribution in [3.05, 3.63) is 95.6 Å². The average molecular weight is 432 g/mol. The van der Waals surface area contributed by atoms with Crippen LogP contribution < -0.4 is 10.7 Å². The molecule has 3 aromatic rings. The number of carbonyl (C=O) groups is 2. The predicted molar refractivity (Wildman–Crippen MR) is 128 cm³/mol. The van der Waals surface area contributed by atoms with Crippen LogP contribution in [0.4, 0.5) is 5.69 Å². The highest BCUT2D eigenvalue weighted by atomic mass is 32.2. The van der Waals surface area contributed by atoms with E-state index in [4.69, 9.17) is 0 Å². The second-order valence-electron chi connectivity index (χ2n) is 7.14. The Morgan fingerprint density at radius 3 is 2.16 bits per heavy atom. The molecule has 0 aromatic heterocycles. The third-order valence-electron chi connectivity index (χ3n) is 4.63. The third kappa shape index (κ3) is 6.55. The molecule has 0 aliphatic heterocycles. The van der Waals surface area contributed by atoms with Gasteiger partial charge in [-0.3, -0.25) is 9.59 Å². The molecule has 158 valence electrons. The fourth-order valence-electron chi connectivity index (χ4n) is 2.76. The van der Waals surface area contributed by atoms with Gasteiger partial charge in [0.2, 0.25) is 0 Å². The Morgan fingerprint density at radius 2 is 1.52 bits per heavy atom. The van der Waals surface area contributed by atoms with Gasteiger partial charge in [-0.05, 0) is 62.7 Å². The van der Waals surface area contributed by atoms with Gasteiger partial charge in [-0.2, -0.15) is 5.10 Å². The summed E-state index contributed by atoms with van der Waals surface area (Å²) in [5.41, 5.74) is 6.66. The number of hydrazone groups is 1. The molecule has 3 aromatic carbocycles. The standard InChI is InChI=1S/C25H25N3O2S/c1-17-9-15-23(16-10-17)31-19(3)24(29)28-27-18(2)20-11-13-22(14-12-20)26-25(30)21-7-5-4-6-8-21/h4-16,19H,1-3H3,(H,26,30)(H,28,29)/b27-18-/t19-/m1/s1. The molecule has 31 heavy (non-hydrogen) atoms. The van der Waals surface area contributed by atoms with Gasteiger partial charge in [0, 0.05) is 16.1 Å². The lowest BCUT2D eigenvalue weighted by Crippen LogP contribution is -2.27. The van der Waals surface area contributed by atoms with Gasteiger partial charge in [0.25, 0.3) is 11.8 Å². The molecular weight excluding hydrogens is 406 g/mol. The van der Waals surface area contributed by atoms with Crippen LogP contribution >= 0.6 is 11.8 Å². The molecule has 1 atom stereocenters. The van der Waals surface area contributed by atoms with Crippen LogP contribution in [0.15, 0.2) is 88.9 Å². The molecular formula is C25H25N3O2S.